The first-order chi connectivity index (χ1) is 17.4. The molecule has 2 aromatic carbocycles. The van der Waals surface area contributed by atoms with E-state index in [1.165, 1.54) is 24.3 Å². The average molecular weight is 487 g/mol. The van der Waals surface area contributed by atoms with Crippen LogP contribution in [-0.2, 0) is 0 Å². The Kier molecular flexibility index (Phi) is 5.30. The van der Waals surface area contributed by atoms with E-state index in [9.17, 15) is 13.6 Å². The Labute approximate surface area is 205 Å². The van der Waals surface area contributed by atoms with Crippen LogP contribution >= 0.6 is 0 Å². The fourth-order valence-electron chi connectivity index (χ4n) is 5.06. The van der Waals surface area contributed by atoms with Crippen molar-refractivity contribution in [3.63, 3.8) is 0 Å². The molecular formula is C27H24F2N6O. The summed E-state index contributed by atoms with van der Waals surface area (Å²) in [5.41, 5.74) is 12.0. The summed E-state index contributed by atoms with van der Waals surface area (Å²) in [6.07, 6.45) is 3.40. The summed E-state index contributed by atoms with van der Waals surface area (Å²) in [5, 5.41) is 0. The normalized spacial score (nSPS) is 14.7. The van der Waals surface area contributed by atoms with Crippen molar-refractivity contribution in [1.29, 1.82) is 0 Å². The molecule has 6 rings (SSSR count). The van der Waals surface area contributed by atoms with E-state index in [1.54, 1.807) is 12.3 Å². The van der Waals surface area contributed by atoms with Crippen LogP contribution in [0, 0.1) is 18.6 Å². The fourth-order valence-corrected chi connectivity index (χ4v) is 5.06. The van der Waals surface area contributed by atoms with E-state index in [0.29, 0.717) is 38.9 Å². The highest BCUT2D eigenvalue weighted by molar-refractivity contribution is 5.99. The standard InChI is InChI=1S/C27H24F2N6O/c1-14-8-15(10-16(28)9-14)20-13-31-22-3-2-21(19-11-17(29)12-23-24(19)34-27(36)33-23)32-25(22)26(20)35-6-4-18(30)5-7-35/h2-3,8-13,18H,4-7,30H2,1H3,(H2,33,34,36). The third-order valence-electron chi connectivity index (χ3n) is 6.76. The maximum atomic E-state index is 14.4. The number of anilines is 1. The molecule has 1 aliphatic heterocycles. The molecule has 7 nitrogen and oxygen atoms in total. The summed E-state index contributed by atoms with van der Waals surface area (Å²) in [4.78, 5) is 29.1. The average Bonchev–Trinajstić information content (AvgIpc) is 3.22. The SMILES string of the molecule is Cc1cc(F)cc(-c2cnc3ccc(-c4cc(F)cc5[nH]c(=O)[nH]c45)nc3c2N2CCC(N)CC2)c1. The molecule has 9 heteroatoms. The Morgan fingerprint density at radius 2 is 1.78 bits per heavy atom. The lowest BCUT2D eigenvalue weighted by atomic mass is 9.98. The minimum atomic E-state index is -0.484. The van der Waals surface area contributed by atoms with E-state index in [-0.39, 0.29) is 11.9 Å². The van der Waals surface area contributed by atoms with E-state index in [4.69, 9.17) is 10.7 Å². The van der Waals surface area contributed by atoms with Crippen molar-refractivity contribution in [2.75, 3.05) is 18.0 Å². The van der Waals surface area contributed by atoms with Crippen molar-refractivity contribution in [3.05, 3.63) is 76.3 Å². The van der Waals surface area contributed by atoms with Crippen molar-refractivity contribution >= 4 is 27.8 Å². The van der Waals surface area contributed by atoms with Crippen LogP contribution in [0.1, 0.15) is 18.4 Å². The molecule has 1 aliphatic rings. The van der Waals surface area contributed by atoms with Crippen LogP contribution < -0.4 is 16.3 Å². The van der Waals surface area contributed by atoms with Crippen molar-refractivity contribution in [3.8, 4) is 22.4 Å². The van der Waals surface area contributed by atoms with E-state index in [0.717, 1.165) is 42.7 Å². The second-order valence-electron chi connectivity index (χ2n) is 9.38. The van der Waals surface area contributed by atoms with Gasteiger partial charge in [0.05, 0.1) is 27.9 Å². The zero-order chi connectivity index (χ0) is 25.0. The quantitative estimate of drug-likeness (QED) is 0.345. The number of H-pyrrole nitrogens is 2. The topological polar surface area (TPSA) is 104 Å². The van der Waals surface area contributed by atoms with Crippen LogP contribution in [0.5, 0.6) is 0 Å². The molecule has 0 saturated carbocycles. The second-order valence-corrected chi connectivity index (χ2v) is 9.38. The van der Waals surface area contributed by atoms with Gasteiger partial charge in [0.15, 0.2) is 0 Å². The number of nitrogens with one attached hydrogen (secondary N) is 2. The number of piperidine rings is 1. The maximum absolute atomic E-state index is 14.4. The minimum Gasteiger partial charge on any atom is -0.369 e. The number of aromatic amines is 2. The van der Waals surface area contributed by atoms with Gasteiger partial charge in [-0.2, -0.15) is 0 Å². The van der Waals surface area contributed by atoms with Gasteiger partial charge in [-0.15, -0.1) is 0 Å². The monoisotopic (exact) mass is 486 g/mol. The highest BCUT2D eigenvalue weighted by Gasteiger charge is 2.24. The summed E-state index contributed by atoms with van der Waals surface area (Å²) in [6, 6.07) is 11.3. The summed E-state index contributed by atoms with van der Waals surface area (Å²) < 4.78 is 28.8. The number of hydrogen-bond donors (Lipinski definition) is 3. The lowest BCUT2D eigenvalue weighted by Crippen LogP contribution is -2.40. The Morgan fingerprint density at radius 1 is 1.00 bits per heavy atom. The number of halogens is 2. The van der Waals surface area contributed by atoms with E-state index in [2.05, 4.69) is 19.9 Å². The van der Waals surface area contributed by atoms with Crippen LogP contribution in [0.2, 0.25) is 0 Å². The van der Waals surface area contributed by atoms with E-state index >= 15 is 0 Å². The molecule has 0 atom stereocenters. The summed E-state index contributed by atoms with van der Waals surface area (Å²) in [7, 11) is 0. The van der Waals surface area contributed by atoms with Crippen LogP contribution in [0.15, 0.2) is 53.5 Å². The third-order valence-corrected chi connectivity index (χ3v) is 6.76. The Balaban J connectivity index is 1.62. The first kappa shape index (κ1) is 22.4. The van der Waals surface area contributed by atoms with Gasteiger partial charge in [0.25, 0.3) is 0 Å². The number of aryl methyl sites for hydroxylation is 1. The summed E-state index contributed by atoms with van der Waals surface area (Å²) in [6.45, 7) is 3.30. The van der Waals surface area contributed by atoms with Crippen LogP contribution in [-0.4, -0.2) is 39.1 Å². The molecule has 0 amide bonds. The lowest BCUT2D eigenvalue weighted by molar-refractivity contribution is 0.502. The number of nitrogens with zero attached hydrogens (tertiary/aromatic N) is 3. The van der Waals surface area contributed by atoms with Crippen molar-refractivity contribution in [2.45, 2.75) is 25.8 Å². The minimum absolute atomic E-state index is 0.128. The molecule has 4 N–H and O–H groups in total. The molecule has 3 aromatic heterocycles. The molecule has 0 spiro atoms. The van der Waals surface area contributed by atoms with Gasteiger partial charge in [-0.1, -0.05) is 6.07 Å². The van der Waals surface area contributed by atoms with Gasteiger partial charge in [-0.3, -0.25) is 4.98 Å². The Hall–Kier alpha value is -4.11. The molecule has 0 radical (unpaired) electrons. The highest BCUT2D eigenvalue weighted by atomic mass is 19.1. The zero-order valence-corrected chi connectivity index (χ0v) is 19.6. The largest absolute Gasteiger partial charge is 0.369 e. The molecule has 0 bridgehead atoms. The van der Waals surface area contributed by atoms with E-state index in [1.807, 2.05) is 19.1 Å². The molecule has 0 unspecified atom stereocenters. The number of rotatable bonds is 3. The number of nitrogens with two attached hydrogens (primary N) is 1. The predicted molar refractivity (Wildman–Crippen MR) is 137 cm³/mol. The second kappa shape index (κ2) is 8.53. The molecule has 1 fully saturated rings. The molecule has 0 aliphatic carbocycles. The number of imidazole rings is 1. The van der Waals surface area contributed by atoms with Crippen molar-refractivity contribution < 1.29 is 8.78 Å². The lowest BCUT2D eigenvalue weighted by Gasteiger charge is -2.34. The van der Waals surface area contributed by atoms with Gasteiger partial charge in [-0.25, -0.2) is 18.6 Å². The Morgan fingerprint density at radius 3 is 2.56 bits per heavy atom. The summed E-state index contributed by atoms with van der Waals surface area (Å²) >= 11 is 0. The number of benzene rings is 2. The van der Waals surface area contributed by atoms with E-state index < -0.39 is 11.5 Å². The molecule has 1 saturated heterocycles. The first-order valence-electron chi connectivity index (χ1n) is 11.9. The number of fused-ring (bicyclic) bond motifs is 2. The van der Waals surface area contributed by atoms with Crippen LogP contribution in [0.25, 0.3) is 44.5 Å². The first-order valence-corrected chi connectivity index (χ1v) is 11.9. The molecule has 182 valence electrons. The molecule has 36 heavy (non-hydrogen) atoms. The smallest absolute Gasteiger partial charge is 0.323 e. The van der Waals surface area contributed by atoms with Gasteiger partial charge in [0.1, 0.15) is 17.2 Å². The number of aromatic nitrogens is 4. The van der Waals surface area contributed by atoms with Gasteiger partial charge in [0.2, 0.25) is 0 Å². The van der Waals surface area contributed by atoms with Gasteiger partial charge in [-0.05, 0) is 67.3 Å². The Bertz CT molecular complexity index is 1660. The van der Waals surface area contributed by atoms with Crippen LogP contribution in [0.3, 0.4) is 0 Å². The highest BCUT2D eigenvalue weighted by Crippen LogP contribution is 2.39. The predicted octanol–water partition coefficient (Wildman–Crippen LogP) is 4.65. The maximum Gasteiger partial charge on any atom is 0.323 e. The van der Waals surface area contributed by atoms with Crippen molar-refractivity contribution in [1.82, 2.24) is 19.9 Å². The molecule has 4 heterocycles. The fraction of sp³-hybridized carbons (Fsp3) is 0.222. The van der Waals surface area contributed by atoms with Gasteiger partial charge in [0, 0.05) is 36.5 Å². The third kappa shape index (κ3) is 3.91. The van der Waals surface area contributed by atoms with Gasteiger partial charge >= 0.3 is 5.69 Å². The van der Waals surface area contributed by atoms with Gasteiger partial charge < -0.3 is 20.6 Å². The van der Waals surface area contributed by atoms with Crippen molar-refractivity contribution in [2.24, 2.45) is 5.73 Å². The summed E-state index contributed by atoms with van der Waals surface area (Å²) in [5.74, 6) is -0.806. The molecular weight excluding hydrogens is 462 g/mol. The number of pyridine rings is 2. The van der Waals surface area contributed by atoms with Crippen LogP contribution in [0.4, 0.5) is 14.5 Å². The molecule has 5 aromatic rings. The zero-order valence-electron chi connectivity index (χ0n) is 19.6. The number of hydrogen-bond acceptors (Lipinski definition) is 5.